The van der Waals surface area contributed by atoms with E-state index >= 15 is 0 Å². The number of halogens is 1. The molecule has 112 valence electrons. The molecule has 0 heterocycles. The van der Waals surface area contributed by atoms with Gasteiger partial charge in [0.1, 0.15) is 5.75 Å². The van der Waals surface area contributed by atoms with Crippen LogP contribution in [-0.4, -0.2) is 6.61 Å². The molecule has 1 atom stereocenters. The highest BCUT2D eigenvalue weighted by atomic mass is 35.5. The van der Waals surface area contributed by atoms with Crippen molar-refractivity contribution in [3.8, 4) is 5.75 Å². The van der Waals surface area contributed by atoms with E-state index in [9.17, 15) is 0 Å². The Balaban J connectivity index is 2.27. The van der Waals surface area contributed by atoms with Crippen molar-refractivity contribution >= 4 is 11.6 Å². The molecule has 2 aromatic rings. The Hall–Kier alpha value is -1.55. The second-order valence-corrected chi connectivity index (χ2v) is 5.38. The Labute approximate surface area is 131 Å². The van der Waals surface area contributed by atoms with Crippen molar-refractivity contribution < 1.29 is 4.74 Å². The van der Waals surface area contributed by atoms with Crippen LogP contribution in [0.5, 0.6) is 5.75 Å². The Morgan fingerprint density at radius 3 is 2.52 bits per heavy atom. The molecule has 0 bridgehead atoms. The third kappa shape index (κ3) is 3.76. The molecule has 2 aromatic carbocycles. The molecule has 0 radical (unpaired) electrons. The minimum atomic E-state index is -0.0936. The largest absolute Gasteiger partial charge is 0.494 e. The number of nitrogens with two attached hydrogens (primary N) is 1. The van der Waals surface area contributed by atoms with E-state index in [2.05, 4.69) is 12.3 Å². The van der Waals surface area contributed by atoms with Gasteiger partial charge in [-0.3, -0.25) is 5.84 Å². The summed E-state index contributed by atoms with van der Waals surface area (Å²) < 4.78 is 5.60. The van der Waals surface area contributed by atoms with Gasteiger partial charge in [0.2, 0.25) is 0 Å². The molecule has 0 aliphatic rings. The summed E-state index contributed by atoms with van der Waals surface area (Å²) in [7, 11) is 0. The number of hydrogen-bond acceptors (Lipinski definition) is 3. The lowest BCUT2D eigenvalue weighted by Crippen LogP contribution is -2.29. The summed E-state index contributed by atoms with van der Waals surface area (Å²) in [6, 6.07) is 13.7. The number of rotatable bonds is 6. The van der Waals surface area contributed by atoms with Gasteiger partial charge in [-0.05, 0) is 48.2 Å². The van der Waals surface area contributed by atoms with Crippen molar-refractivity contribution in [3.63, 3.8) is 0 Å². The second-order valence-electron chi connectivity index (χ2n) is 4.97. The van der Waals surface area contributed by atoms with Crippen molar-refractivity contribution in [2.45, 2.75) is 26.3 Å². The van der Waals surface area contributed by atoms with E-state index in [0.717, 1.165) is 40.5 Å². The van der Waals surface area contributed by atoms with Crippen LogP contribution in [0.15, 0.2) is 42.5 Å². The number of nitrogens with one attached hydrogen (secondary N) is 1. The summed E-state index contributed by atoms with van der Waals surface area (Å²) in [5.74, 6) is 6.62. The average Bonchev–Trinajstić information content (AvgIpc) is 2.51. The second kappa shape index (κ2) is 7.46. The van der Waals surface area contributed by atoms with Crippen LogP contribution in [0.1, 0.15) is 36.1 Å². The first kappa shape index (κ1) is 15.8. The van der Waals surface area contributed by atoms with Gasteiger partial charge >= 0.3 is 0 Å². The lowest BCUT2D eigenvalue weighted by atomic mass is 9.95. The third-order valence-corrected chi connectivity index (χ3v) is 3.88. The van der Waals surface area contributed by atoms with E-state index in [1.165, 1.54) is 0 Å². The van der Waals surface area contributed by atoms with Crippen LogP contribution in [-0.2, 0) is 0 Å². The molecule has 0 aromatic heterocycles. The molecule has 0 saturated heterocycles. The highest BCUT2D eigenvalue weighted by Gasteiger charge is 2.15. The summed E-state index contributed by atoms with van der Waals surface area (Å²) in [4.78, 5) is 0. The Kier molecular flexibility index (Phi) is 5.62. The van der Waals surface area contributed by atoms with Crippen LogP contribution in [0.2, 0.25) is 5.02 Å². The van der Waals surface area contributed by atoms with Crippen molar-refractivity contribution in [2.24, 2.45) is 5.84 Å². The summed E-state index contributed by atoms with van der Waals surface area (Å²) in [6.45, 7) is 4.82. The molecule has 3 N–H and O–H groups in total. The Morgan fingerprint density at radius 2 is 1.90 bits per heavy atom. The van der Waals surface area contributed by atoms with E-state index in [4.69, 9.17) is 22.2 Å². The molecule has 0 fully saturated rings. The van der Waals surface area contributed by atoms with Crippen LogP contribution in [0, 0.1) is 6.92 Å². The van der Waals surface area contributed by atoms with Crippen LogP contribution in [0.3, 0.4) is 0 Å². The van der Waals surface area contributed by atoms with Crippen molar-refractivity contribution in [1.82, 2.24) is 5.43 Å². The van der Waals surface area contributed by atoms with Gasteiger partial charge in [0.25, 0.3) is 0 Å². The van der Waals surface area contributed by atoms with Gasteiger partial charge in [0, 0.05) is 5.02 Å². The zero-order valence-electron chi connectivity index (χ0n) is 12.4. The maximum absolute atomic E-state index is 6.20. The topological polar surface area (TPSA) is 47.3 Å². The molecule has 21 heavy (non-hydrogen) atoms. The van der Waals surface area contributed by atoms with Crippen LogP contribution in [0.25, 0.3) is 0 Å². The molecule has 4 heteroatoms. The molecule has 0 amide bonds. The number of hydrogen-bond donors (Lipinski definition) is 2. The quantitative estimate of drug-likeness (QED) is 0.626. The fourth-order valence-electron chi connectivity index (χ4n) is 2.28. The minimum absolute atomic E-state index is 0.0936. The Bertz CT molecular complexity index is 584. The Morgan fingerprint density at radius 1 is 1.19 bits per heavy atom. The molecule has 0 saturated carbocycles. The van der Waals surface area contributed by atoms with Crippen molar-refractivity contribution in [1.29, 1.82) is 0 Å². The lowest BCUT2D eigenvalue weighted by Gasteiger charge is -2.20. The molecular formula is C17H21ClN2O. The molecule has 0 aliphatic carbocycles. The molecule has 1 unspecified atom stereocenters. The predicted molar refractivity (Wildman–Crippen MR) is 87.6 cm³/mol. The summed E-state index contributed by atoms with van der Waals surface area (Å²) in [5, 5.41) is 0.746. The maximum Gasteiger partial charge on any atom is 0.119 e. The molecule has 0 aliphatic heterocycles. The van der Waals surface area contributed by atoms with Gasteiger partial charge in [-0.1, -0.05) is 42.8 Å². The van der Waals surface area contributed by atoms with Gasteiger partial charge in [0.05, 0.1) is 12.6 Å². The van der Waals surface area contributed by atoms with Gasteiger partial charge in [-0.25, -0.2) is 5.43 Å². The number of ether oxygens (including phenoxy) is 1. The average molecular weight is 305 g/mol. The van der Waals surface area contributed by atoms with E-state index in [1.807, 2.05) is 49.4 Å². The number of hydrazine groups is 1. The first-order valence-corrected chi connectivity index (χ1v) is 7.49. The first-order valence-electron chi connectivity index (χ1n) is 7.11. The van der Waals surface area contributed by atoms with E-state index in [1.54, 1.807) is 0 Å². The highest BCUT2D eigenvalue weighted by molar-refractivity contribution is 6.31. The van der Waals surface area contributed by atoms with Gasteiger partial charge in [-0.15, -0.1) is 0 Å². The third-order valence-electron chi connectivity index (χ3n) is 3.47. The minimum Gasteiger partial charge on any atom is -0.494 e. The summed E-state index contributed by atoms with van der Waals surface area (Å²) >= 11 is 6.20. The standard InChI is InChI=1S/C17H21ClN2O/c1-3-11-21-14-9-7-13(8-10-14)17(20-19)15-5-4-6-16(18)12(15)2/h4-10,17,20H,3,11,19H2,1-2H3. The van der Waals surface area contributed by atoms with Gasteiger partial charge in [-0.2, -0.15) is 0 Å². The molecule has 0 spiro atoms. The zero-order valence-corrected chi connectivity index (χ0v) is 13.2. The van der Waals surface area contributed by atoms with Crippen LogP contribution < -0.4 is 16.0 Å². The zero-order chi connectivity index (χ0) is 15.2. The molecular weight excluding hydrogens is 284 g/mol. The van der Waals surface area contributed by atoms with Crippen molar-refractivity contribution in [3.05, 3.63) is 64.2 Å². The molecule has 3 nitrogen and oxygen atoms in total. The highest BCUT2D eigenvalue weighted by Crippen LogP contribution is 2.29. The van der Waals surface area contributed by atoms with Gasteiger partial charge < -0.3 is 4.74 Å². The fourth-order valence-corrected chi connectivity index (χ4v) is 2.46. The van der Waals surface area contributed by atoms with Crippen LogP contribution >= 0.6 is 11.6 Å². The smallest absolute Gasteiger partial charge is 0.119 e. The predicted octanol–water partition coefficient (Wildman–Crippen LogP) is 3.99. The van der Waals surface area contributed by atoms with E-state index in [0.29, 0.717) is 0 Å². The molecule has 2 rings (SSSR count). The first-order chi connectivity index (χ1) is 10.2. The monoisotopic (exact) mass is 304 g/mol. The maximum atomic E-state index is 6.20. The summed E-state index contributed by atoms with van der Waals surface area (Å²) in [6.07, 6.45) is 0.996. The van der Waals surface area contributed by atoms with Crippen LogP contribution in [0.4, 0.5) is 0 Å². The van der Waals surface area contributed by atoms with Crippen molar-refractivity contribution in [2.75, 3.05) is 6.61 Å². The normalized spacial score (nSPS) is 12.2. The number of benzene rings is 2. The van der Waals surface area contributed by atoms with E-state index < -0.39 is 0 Å². The fraction of sp³-hybridized carbons (Fsp3) is 0.294. The lowest BCUT2D eigenvalue weighted by molar-refractivity contribution is 0.317. The van der Waals surface area contributed by atoms with Gasteiger partial charge in [0.15, 0.2) is 0 Å². The SMILES string of the molecule is CCCOc1ccc(C(NN)c2cccc(Cl)c2C)cc1. The van der Waals surface area contributed by atoms with E-state index in [-0.39, 0.29) is 6.04 Å². The summed E-state index contributed by atoms with van der Waals surface area (Å²) in [5.41, 5.74) is 6.05.